The summed E-state index contributed by atoms with van der Waals surface area (Å²) in [5.41, 5.74) is 0.234. The Kier molecular flexibility index (Phi) is 6.89. The van der Waals surface area contributed by atoms with Crippen LogP contribution in [0.1, 0.15) is 17.3 Å². The first kappa shape index (κ1) is 21.1. The molecule has 148 valence electrons. The number of likely N-dealkylation sites (N-methyl/N-ethyl adjacent to an activating group) is 1. The van der Waals surface area contributed by atoms with Crippen molar-refractivity contribution in [1.82, 2.24) is 0 Å². The Hall–Kier alpha value is -3.20. The number of halogens is 3. The number of nitrogens with one attached hydrogen (secondary N) is 3. The number of Topliss-reactive ketones (excluding diaryl/α,β-unsaturated/α-hetero) is 1. The molecule has 0 spiro atoms. The highest BCUT2D eigenvalue weighted by Gasteiger charge is 2.19. The highest BCUT2D eigenvalue weighted by molar-refractivity contribution is 6.03. The van der Waals surface area contributed by atoms with Gasteiger partial charge >= 0.3 is 0 Å². The molecule has 0 bridgehead atoms. The minimum absolute atomic E-state index is 0.111. The van der Waals surface area contributed by atoms with Gasteiger partial charge < -0.3 is 15.5 Å². The van der Waals surface area contributed by atoms with Crippen molar-refractivity contribution < 1.29 is 32.5 Å². The van der Waals surface area contributed by atoms with Crippen LogP contribution in [0.25, 0.3) is 0 Å². The third-order valence-corrected chi connectivity index (χ3v) is 3.81. The molecule has 3 N–H and O–H groups in total. The zero-order valence-electron chi connectivity index (χ0n) is 15.2. The Balaban J connectivity index is 1.92. The van der Waals surface area contributed by atoms with Crippen molar-refractivity contribution in [3.8, 4) is 0 Å². The van der Waals surface area contributed by atoms with E-state index in [1.807, 2.05) is 0 Å². The number of carbonyl (C=O) groups is 3. The van der Waals surface area contributed by atoms with Crippen LogP contribution < -0.4 is 15.5 Å². The van der Waals surface area contributed by atoms with Gasteiger partial charge in [0, 0.05) is 5.56 Å². The van der Waals surface area contributed by atoms with Gasteiger partial charge in [-0.3, -0.25) is 14.4 Å². The normalized spacial score (nSPS) is 11.6. The maximum absolute atomic E-state index is 13.6. The third kappa shape index (κ3) is 5.40. The summed E-state index contributed by atoms with van der Waals surface area (Å²) in [6.45, 7) is 1.05. The molecule has 2 aromatic rings. The van der Waals surface area contributed by atoms with Crippen molar-refractivity contribution in [2.45, 2.75) is 6.92 Å². The molecule has 1 atom stereocenters. The molecule has 2 amide bonds. The molecule has 9 heteroatoms. The summed E-state index contributed by atoms with van der Waals surface area (Å²) in [5, 5.41) is 4.74. The molecule has 0 aliphatic heterocycles. The van der Waals surface area contributed by atoms with Crippen molar-refractivity contribution in [3.05, 3.63) is 59.4 Å². The standard InChI is InChI=1S/C19H18F3N3O3/c1-11(26)12-5-3-4-6-14(12)23-16(27)9-25(2)10-17(28)24-15-8-7-13(20)18(21)19(15)22/h3-8H,9-10H2,1-2H3,(H,23,27)(H,24,28)/p+1. The number of rotatable bonds is 7. The lowest BCUT2D eigenvalue weighted by Gasteiger charge is -2.15. The van der Waals surface area contributed by atoms with Crippen LogP contribution in [-0.2, 0) is 9.59 Å². The maximum atomic E-state index is 13.6. The molecular formula is C19H19F3N3O3+. The average Bonchev–Trinajstić information content (AvgIpc) is 2.62. The van der Waals surface area contributed by atoms with E-state index in [2.05, 4.69) is 10.6 Å². The molecule has 0 saturated carbocycles. The van der Waals surface area contributed by atoms with E-state index in [0.29, 0.717) is 22.2 Å². The smallest absolute Gasteiger partial charge is 0.279 e. The molecule has 0 saturated heterocycles. The second kappa shape index (κ2) is 9.14. The van der Waals surface area contributed by atoms with E-state index in [-0.39, 0.29) is 18.9 Å². The van der Waals surface area contributed by atoms with E-state index in [9.17, 15) is 27.6 Å². The second-order valence-corrected chi connectivity index (χ2v) is 6.23. The van der Waals surface area contributed by atoms with Crippen LogP contribution in [0.4, 0.5) is 24.5 Å². The van der Waals surface area contributed by atoms with E-state index in [1.54, 1.807) is 31.3 Å². The number of anilines is 2. The Morgan fingerprint density at radius 1 is 0.857 bits per heavy atom. The summed E-state index contributed by atoms with van der Waals surface area (Å²) in [6, 6.07) is 8.12. The highest BCUT2D eigenvalue weighted by Crippen LogP contribution is 2.19. The number of amides is 2. The Labute approximate surface area is 159 Å². The van der Waals surface area contributed by atoms with Gasteiger partial charge in [0.05, 0.1) is 18.4 Å². The van der Waals surface area contributed by atoms with Gasteiger partial charge in [-0.1, -0.05) is 12.1 Å². The lowest BCUT2D eigenvalue weighted by molar-refractivity contribution is -0.862. The lowest BCUT2D eigenvalue weighted by Crippen LogP contribution is -3.11. The number of benzene rings is 2. The molecule has 2 rings (SSSR count). The molecule has 0 heterocycles. The van der Waals surface area contributed by atoms with Crippen LogP contribution >= 0.6 is 0 Å². The fourth-order valence-electron chi connectivity index (χ4n) is 2.52. The monoisotopic (exact) mass is 394 g/mol. The Morgan fingerprint density at radius 3 is 2.04 bits per heavy atom. The zero-order chi connectivity index (χ0) is 20.8. The lowest BCUT2D eigenvalue weighted by atomic mass is 10.1. The number of carbonyl (C=O) groups excluding carboxylic acids is 3. The molecule has 0 radical (unpaired) electrons. The zero-order valence-corrected chi connectivity index (χ0v) is 15.2. The maximum Gasteiger partial charge on any atom is 0.279 e. The first-order valence-corrected chi connectivity index (χ1v) is 8.33. The molecule has 1 unspecified atom stereocenters. The Morgan fingerprint density at radius 2 is 1.43 bits per heavy atom. The molecule has 0 aliphatic rings. The predicted octanol–water partition coefficient (Wildman–Crippen LogP) is 1.40. The second-order valence-electron chi connectivity index (χ2n) is 6.23. The largest absolute Gasteiger partial charge is 0.322 e. The summed E-state index contributed by atoms with van der Waals surface area (Å²) >= 11 is 0. The first-order valence-electron chi connectivity index (χ1n) is 8.33. The molecule has 0 aliphatic carbocycles. The van der Waals surface area contributed by atoms with E-state index in [1.165, 1.54) is 6.92 Å². The van der Waals surface area contributed by atoms with E-state index in [0.717, 1.165) is 6.07 Å². The predicted molar refractivity (Wildman–Crippen MR) is 96.6 cm³/mol. The molecule has 2 aromatic carbocycles. The van der Waals surface area contributed by atoms with Crippen LogP contribution in [-0.4, -0.2) is 37.7 Å². The molecule has 6 nitrogen and oxygen atoms in total. The van der Waals surface area contributed by atoms with E-state index < -0.39 is 35.0 Å². The van der Waals surface area contributed by atoms with Crippen LogP contribution in [0.2, 0.25) is 0 Å². The highest BCUT2D eigenvalue weighted by atomic mass is 19.2. The van der Waals surface area contributed by atoms with Gasteiger partial charge in [-0.15, -0.1) is 0 Å². The summed E-state index contributed by atoms with van der Waals surface area (Å²) < 4.78 is 39.7. The summed E-state index contributed by atoms with van der Waals surface area (Å²) in [6.07, 6.45) is 0. The van der Waals surface area contributed by atoms with Gasteiger partial charge in [0.15, 0.2) is 36.3 Å². The molecule has 0 aromatic heterocycles. The first-order chi connectivity index (χ1) is 13.2. The van der Waals surface area contributed by atoms with Gasteiger partial charge in [-0.2, -0.15) is 0 Å². The number of para-hydroxylation sites is 1. The summed E-state index contributed by atoms with van der Waals surface area (Å²) in [7, 11) is 1.55. The van der Waals surface area contributed by atoms with Crippen molar-refractivity contribution in [2.24, 2.45) is 0 Å². The number of ketones is 1. The van der Waals surface area contributed by atoms with Gasteiger partial charge in [0.2, 0.25) is 0 Å². The minimum atomic E-state index is -1.68. The molecular weight excluding hydrogens is 375 g/mol. The van der Waals surface area contributed by atoms with Crippen LogP contribution in [0, 0.1) is 17.5 Å². The van der Waals surface area contributed by atoms with E-state index in [4.69, 9.17) is 0 Å². The van der Waals surface area contributed by atoms with Crippen molar-refractivity contribution in [2.75, 3.05) is 30.8 Å². The number of hydrogen-bond acceptors (Lipinski definition) is 3. The van der Waals surface area contributed by atoms with Gasteiger partial charge in [-0.05, 0) is 31.2 Å². The topological polar surface area (TPSA) is 79.7 Å². The van der Waals surface area contributed by atoms with Gasteiger partial charge in [-0.25, -0.2) is 13.2 Å². The van der Waals surface area contributed by atoms with Gasteiger partial charge in [0.25, 0.3) is 11.8 Å². The number of quaternary nitrogens is 1. The number of hydrogen-bond donors (Lipinski definition) is 3. The summed E-state index contributed by atoms with van der Waals surface area (Å²) in [4.78, 5) is 36.1. The summed E-state index contributed by atoms with van der Waals surface area (Å²) in [5.74, 6) is -5.85. The van der Waals surface area contributed by atoms with Crippen molar-refractivity contribution >= 4 is 29.0 Å². The quantitative estimate of drug-likeness (QED) is 0.491. The fourth-order valence-corrected chi connectivity index (χ4v) is 2.52. The van der Waals surface area contributed by atoms with Crippen LogP contribution in [0.15, 0.2) is 36.4 Å². The fraction of sp³-hybridized carbons (Fsp3) is 0.211. The third-order valence-electron chi connectivity index (χ3n) is 3.81. The van der Waals surface area contributed by atoms with Crippen molar-refractivity contribution in [3.63, 3.8) is 0 Å². The molecule has 28 heavy (non-hydrogen) atoms. The Bertz CT molecular complexity index is 919. The minimum Gasteiger partial charge on any atom is -0.322 e. The van der Waals surface area contributed by atoms with Crippen LogP contribution in [0.5, 0.6) is 0 Å². The molecule has 0 fully saturated rings. The van der Waals surface area contributed by atoms with Crippen molar-refractivity contribution in [1.29, 1.82) is 0 Å². The average molecular weight is 394 g/mol. The SMILES string of the molecule is CC(=O)c1ccccc1NC(=O)C[NH+](C)CC(=O)Nc1ccc(F)c(F)c1F. The van der Waals surface area contributed by atoms with E-state index >= 15 is 0 Å². The van der Waals surface area contributed by atoms with Gasteiger partial charge in [0.1, 0.15) is 0 Å². The van der Waals surface area contributed by atoms with Crippen LogP contribution in [0.3, 0.4) is 0 Å².